The summed E-state index contributed by atoms with van der Waals surface area (Å²) in [7, 11) is 1.63. The van der Waals surface area contributed by atoms with Crippen molar-refractivity contribution in [3.63, 3.8) is 0 Å². The summed E-state index contributed by atoms with van der Waals surface area (Å²) < 4.78 is 6.85. The number of rotatable bonds is 4. The highest BCUT2D eigenvalue weighted by Gasteiger charge is 2.20. The number of aliphatic hydroxyl groups excluding tert-OH is 1. The maximum atomic E-state index is 9.71. The van der Waals surface area contributed by atoms with E-state index in [0.29, 0.717) is 23.5 Å². The number of piperidine rings is 1. The molecule has 3 aromatic rings. The van der Waals surface area contributed by atoms with Crippen LogP contribution in [0.4, 0.5) is 5.95 Å². The molecular formula is C16H19N7O2. The van der Waals surface area contributed by atoms with Gasteiger partial charge in [0.25, 0.3) is 0 Å². The van der Waals surface area contributed by atoms with Gasteiger partial charge in [0.15, 0.2) is 11.2 Å². The van der Waals surface area contributed by atoms with Gasteiger partial charge in [-0.1, -0.05) is 5.21 Å². The summed E-state index contributed by atoms with van der Waals surface area (Å²) in [6, 6.07) is 7.63. The Balaban J connectivity index is 1.62. The summed E-state index contributed by atoms with van der Waals surface area (Å²) in [4.78, 5) is 8.86. The number of nitrogens with one attached hydrogen (secondary N) is 2. The van der Waals surface area contributed by atoms with Crippen LogP contribution < -0.4 is 15.4 Å². The Hall–Kier alpha value is -2.78. The first-order chi connectivity index (χ1) is 12.2. The molecular weight excluding hydrogens is 322 g/mol. The molecule has 0 saturated carbocycles. The quantitative estimate of drug-likeness (QED) is 0.636. The molecule has 0 amide bonds. The van der Waals surface area contributed by atoms with Crippen molar-refractivity contribution in [2.45, 2.75) is 25.1 Å². The predicted octanol–water partition coefficient (Wildman–Crippen LogP) is 0.701. The van der Waals surface area contributed by atoms with E-state index in [0.717, 1.165) is 24.4 Å². The van der Waals surface area contributed by atoms with Crippen LogP contribution in [0.25, 0.3) is 16.9 Å². The van der Waals surface area contributed by atoms with Crippen LogP contribution in [0.5, 0.6) is 5.75 Å². The number of fused-ring (bicyclic) bond motifs is 1. The number of aliphatic hydroxyl groups is 1. The number of hydrogen-bond acceptors (Lipinski definition) is 8. The number of methoxy groups -OCH3 is 1. The van der Waals surface area contributed by atoms with Gasteiger partial charge in [0.05, 0.1) is 19.0 Å². The van der Waals surface area contributed by atoms with Crippen molar-refractivity contribution < 1.29 is 9.84 Å². The molecule has 1 aliphatic heterocycles. The lowest BCUT2D eigenvalue weighted by molar-refractivity contribution is 0.102. The smallest absolute Gasteiger partial charge is 0.225 e. The van der Waals surface area contributed by atoms with Gasteiger partial charge < -0.3 is 15.2 Å². The van der Waals surface area contributed by atoms with Crippen molar-refractivity contribution in [1.82, 2.24) is 30.3 Å². The first-order valence-electron chi connectivity index (χ1n) is 8.14. The van der Waals surface area contributed by atoms with Gasteiger partial charge in [-0.05, 0) is 37.2 Å². The van der Waals surface area contributed by atoms with Gasteiger partial charge in [0.1, 0.15) is 12.0 Å². The van der Waals surface area contributed by atoms with Gasteiger partial charge in [0.2, 0.25) is 5.95 Å². The number of nitrogens with zero attached hydrogens (tertiary/aromatic N) is 5. The molecule has 130 valence electrons. The molecule has 9 nitrogen and oxygen atoms in total. The average molecular weight is 341 g/mol. The van der Waals surface area contributed by atoms with Crippen LogP contribution in [-0.4, -0.2) is 56.0 Å². The summed E-state index contributed by atoms with van der Waals surface area (Å²) in [6.07, 6.45) is 2.66. The second-order valence-corrected chi connectivity index (χ2v) is 5.94. The van der Waals surface area contributed by atoms with E-state index in [1.165, 1.54) is 0 Å². The second-order valence-electron chi connectivity index (χ2n) is 5.94. The molecule has 2 unspecified atom stereocenters. The summed E-state index contributed by atoms with van der Waals surface area (Å²) in [5.74, 6) is 1.28. The number of hydrogen-bond donors (Lipinski definition) is 3. The Labute approximate surface area is 144 Å². The molecule has 2 aromatic heterocycles. The SMILES string of the molecule is COc1ccc(-n2nnc3cnc(NC4CCNC(O)C4)nc32)cc1. The Bertz CT molecular complexity index is 865. The summed E-state index contributed by atoms with van der Waals surface area (Å²) in [6.45, 7) is 0.756. The largest absolute Gasteiger partial charge is 0.497 e. The fourth-order valence-electron chi connectivity index (χ4n) is 2.90. The van der Waals surface area contributed by atoms with Gasteiger partial charge in [-0.25, -0.2) is 4.98 Å². The van der Waals surface area contributed by atoms with Crippen LogP contribution >= 0.6 is 0 Å². The van der Waals surface area contributed by atoms with E-state index in [-0.39, 0.29) is 6.04 Å². The molecule has 9 heteroatoms. The number of ether oxygens (including phenoxy) is 1. The van der Waals surface area contributed by atoms with Crippen LogP contribution in [-0.2, 0) is 0 Å². The fraction of sp³-hybridized carbons (Fsp3) is 0.375. The predicted molar refractivity (Wildman–Crippen MR) is 91.7 cm³/mol. The number of aromatic nitrogens is 5. The van der Waals surface area contributed by atoms with E-state index in [2.05, 4.69) is 30.9 Å². The maximum absolute atomic E-state index is 9.71. The van der Waals surface area contributed by atoms with E-state index in [4.69, 9.17) is 4.74 Å². The Morgan fingerprint density at radius 3 is 2.92 bits per heavy atom. The van der Waals surface area contributed by atoms with Crippen molar-refractivity contribution in [1.29, 1.82) is 0 Å². The Morgan fingerprint density at radius 2 is 2.16 bits per heavy atom. The van der Waals surface area contributed by atoms with Crippen LogP contribution in [0.2, 0.25) is 0 Å². The van der Waals surface area contributed by atoms with Crippen molar-refractivity contribution in [3.05, 3.63) is 30.5 Å². The topological polar surface area (TPSA) is 110 Å². The average Bonchev–Trinajstić information content (AvgIpc) is 3.05. The molecule has 1 aromatic carbocycles. The van der Waals surface area contributed by atoms with Gasteiger partial charge in [-0.15, -0.1) is 5.10 Å². The molecule has 3 N–H and O–H groups in total. The molecule has 1 aliphatic rings. The van der Waals surface area contributed by atoms with Crippen LogP contribution in [0, 0.1) is 0 Å². The van der Waals surface area contributed by atoms with Gasteiger partial charge in [-0.3, -0.25) is 5.32 Å². The summed E-state index contributed by atoms with van der Waals surface area (Å²) in [5.41, 5.74) is 2.08. The summed E-state index contributed by atoms with van der Waals surface area (Å²) in [5, 5.41) is 24.3. The molecule has 0 bridgehead atoms. The van der Waals surface area contributed by atoms with E-state index in [1.54, 1.807) is 18.0 Å². The molecule has 0 radical (unpaired) electrons. The normalized spacial score (nSPS) is 20.6. The van der Waals surface area contributed by atoms with E-state index in [9.17, 15) is 5.11 Å². The van der Waals surface area contributed by atoms with E-state index in [1.807, 2.05) is 24.3 Å². The van der Waals surface area contributed by atoms with Crippen molar-refractivity contribution in [3.8, 4) is 11.4 Å². The Morgan fingerprint density at radius 1 is 1.32 bits per heavy atom. The zero-order valence-electron chi connectivity index (χ0n) is 13.8. The van der Waals surface area contributed by atoms with Crippen molar-refractivity contribution >= 4 is 17.1 Å². The van der Waals surface area contributed by atoms with Crippen molar-refractivity contribution in [2.24, 2.45) is 0 Å². The van der Waals surface area contributed by atoms with Crippen LogP contribution in [0.3, 0.4) is 0 Å². The van der Waals surface area contributed by atoms with Gasteiger partial charge in [0, 0.05) is 12.5 Å². The summed E-state index contributed by atoms with van der Waals surface area (Å²) >= 11 is 0. The lowest BCUT2D eigenvalue weighted by Gasteiger charge is -2.27. The zero-order chi connectivity index (χ0) is 17.2. The molecule has 1 fully saturated rings. The monoisotopic (exact) mass is 341 g/mol. The molecule has 2 atom stereocenters. The molecule has 0 aliphatic carbocycles. The van der Waals surface area contributed by atoms with Gasteiger partial charge >= 0.3 is 0 Å². The minimum absolute atomic E-state index is 0.124. The minimum atomic E-state index is -0.499. The third-order valence-electron chi connectivity index (χ3n) is 4.22. The number of benzene rings is 1. The molecule has 0 spiro atoms. The highest BCUT2D eigenvalue weighted by Crippen LogP contribution is 2.19. The maximum Gasteiger partial charge on any atom is 0.225 e. The van der Waals surface area contributed by atoms with Gasteiger partial charge in [-0.2, -0.15) is 9.67 Å². The molecule has 4 rings (SSSR count). The minimum Gasteiger partial charge on any atom is -0.497 e. The highest BCUT2D eigenvalue weighted by atomic mass is 16.5. The number of anilines is 1. The third-order valence-corrected chi connectivity index (χ3v) is 4.22. The third kappa shape index (κ3) is 3.24. The first kappa shape index (κ1) is 15.7. The molecule has 3 heterocycles. The Kier molecular flexibility index (Phi) is 4.16. The van der Waals surface area contributed by atoms with E-state index >= 15 is 0 Å². The van der Waals surface area contributed by atoms with Crippen LogP contribution in [0.1, 0.15) is 12.8 Å². The van der Waals surface area contributed by atoms with Crippen LogP contribution in [0.15, 0.2) is 30.5 Å². The van der Waals surface area contributed by atoms with E-state index < -0.39 is 6.23 Å². The fourth-order valence-corrected chi connectivity index (χ4v) is 2.90. The van der Waals surface area contributed by atoms with Crippen molar-refractivity contribution in [2.75, 3.05) is 19.0 Å². The highest BCUT2D eigenvalue weighted by molar-refractivity contribution is 5.72. The standard InChI is InChI=1S/C16H19N7O2/c1-25-12-4-2-11(3-5-12)23-15-13(21-22-23)9-18-16(20-15)19-10-6-7-17-14(24)8-10/h2-5,9-10,14,17,24H,6-8H2,1H3,(H,18,19,20). The zero-order valence-corrected chi connectivity index (χ0v) is 13.8. The second kappa shape index (κ2) is 6.61. The lowest BCUT2D eigenvalue weighted by atomic mass is 10.1. The molecule has 1 saturated heterocycles. The molecule has 25 heavy (non-hydrogen) atoms. The first-order valence-corrected chi connectivity index (χ1v) is 8.14. The lowest BCUT2D eigenvalue weighted by Crippen LogP contribution is -2.43.